The highest BCUT2D eigenvalue weighted by Gasteiger charge is 2.21. The van der Waals surface area contributed by atoms with Crippen LogP contribution in [0.2, 0.25) is 5.02 Å². The molecule has 8 heteroatoms. The van der Waals surface area contributed by atoms with Gasteiger partial charge < -0.3 is 4.74 Å². The minimum atomic E-state index is 0.333. The molecule has 0 aliphatic rings. The van der Waals surface area contributed by atoms with E-state index in [4.69, 9.17) is 16.3 Å². The SMILES string of the molecule is COCc1nc2sc(-c3c(Br)cnn3C)c(C#N)c2cc1Cl. The number of aromatic nitrogens is 3. The molecule has 3 rings (SSSR count). The van der Waals surface area contributed by atoms with E-state index in [9.17, 15) is 5.26 Å². The number of nitrogens with zero attached hydrogens (tertiary/aromatic N) is 4. The third kappa shape index (κ3) is 2.42. The van der Waals surface area contributed by atoms with Gasteiger partial charge in [-0.3, -0.25) is 4.68 Å². The molecule has 0 aliphatic heterocycles. The van der Waals surface area contributed by atoms with E-state index in [0.717, 1.165) is 25.3 Å². The second kappa shape index (κ2) is 5.97. The van der Waals surface area contributed by atoms with Crippen molar-refractivity contribution in [3.8, 4) is 16.6 Å². The van der Waals surface area contributed by atoms with Gasteiger partial charge in [-0.25, -0.2) is 4.98 Å². The van der Waals surface area contributed by atoms with E-state index in [1.165, 1.54) is 11.3 Å². The molecule has 0 bridgehead atoms. The van der Waals surface area contributed by atoms with E-state index in [0.29, 0.717) is 22.9 Å². The van der Waals surface area contributed by atoms with Gasteiger partial charge in [0.05, 0.1) is 44.1 Å². The number of hydrogen-bond donors (Lipinski definition) is 0. The molecule has 22 heavy (non-hydrogen) atoms. The first-order valence-corrected chi connectivity index (χ1v) is 8.24. The van der Waals surface area contributed by atoms with Crippen molar-refractivity contribution in [3.63, 3.8) is 0 Å². The molecule has 0 fully saturated rings. The molecule has 3 heterocycles. The van der Waals surface area contributed by atoms with Crippen LogP contribution < -0.4 is 0 Å². The molecule has 0 atom stereocenters. The van der Waals surface area contributed by atoms with E-state index in [1.54, 1.807) is 24.1 Å². The Labute approximate surface area is 144 Å². The summed E-state index contributed by atoms with van der Waals surface area (Å²) in [5.74, 6) is 0. The zero-order valence-corrected chi connectivity index (χ0v) is 14.9. The molecule has 0 amide bonds. The minimum absolute atomic E-state index is 0.333. The Morgan fingerprint density at radius 1 is 1.55 bits per heavy atom. The number of ether oxygens (including phenoxy) is 1. The van der Waals surface area contributed by atoms with Gasteiger partial charge in [0, 0.05) is 19.5 Å². The van der Waals surface area contributed by atoms with Crippen LogP contribution in [0.25, 0.3) is 20.8 Å². The van der Waals surface area contributed by atoms with Crippen molar-refractivity contribution in [3.05, 3.63) is 33.0 Å². The maximum atomic E-state index is 9.57. The number of hydrogen-bond acceptors (Lipinski definition) is 5. The average molecular weight is 398 g/mol. The van der Waals surface area contributed by atoms with Gasteiger partial charge in [0.25, 0.3) is 0 Å². The standard InChI is InChI=1S/C14H10BrClN4OS/c1-20-12(9(15)5-18-20)13-8(4-17)7-3-10(16)11(6-21-2)19-14(7)22-13/h3,5H,6H2,1-2H3. The van der Waals surface area contributed by atoms with E-state index >= 15 is 0 Å². The molecule has 0 spiro atoms. The van der Waals surface area contributed by atoms with Crippen LogP contribution in [0.4, 0.5) is 0 Å². The number of pyridine rings is 1. The van der Waals surface area contributed by atoms with Crippen molar-refractivity contribution in [2.45, 2.75) is 6.61 Å². The lowest BCUT2D eigenvalue weighted by atomic mass is 10.1. The predicted molar refractivity (Wildman–Crippen MR) is 90.0 cm³/mol. The van der Waals surface area contributed by atoms with Crippen LogP contribution in [-0.2, 0) is 18.4 Å². The van der Waals surface area contributed by atoms with Crippen LogP contribution in [0, 0.1) is 11.3 Å². The molecule has 0 unspecified atom stereocenters. The monoisotopic (exact) mass is 396 g/mol. The van der Waals surface area contributed by atoms with Crippen LogP contribution >= 0.6 is 38.9 Å². The van der Waals surface area contributed by atoms with Crippen molar-refractivity contribution in [2.75, 3.05) is 7.11 Å². The molecular weight excluding hydrogens is 388 g/mol. The quantitative estimate of drug-likeness (QED) is 0.666. The molecule has 0 aromatic carbocycles. The van der Waals surface area contributed by atoms with Gasteiger partial charge in [-0.2, -0.15) is 10.4 Å². The first-order valence-electron chi connectivity index (χ1n) is 6.25. The average Bonchev–Trinajstić information content (AvgIpc) is 2.99. The van der Waals surface area contributed by atoms with Gasteiger partial charge >= 0.3 is 0 Å². The number of fused-ring (bicyclic) bond motifs is 1. The van der Waals surface area contributed by atoms with Crippen LogP contribution in [0.5, 0.6) is 0 Å². The van der Waals surface area contributed by atoms with Crippen LogP contribution in [0.15, 0.2) is 16.7 Å². The highest BCUT2D eigenvalue weighted by atomic mass is 79.9. The largest absolute Gasteiger partial charge is 0.378 e. The number of rotatable bonds is 3. The molecule has 3 aromatic heterocycles. The highest BCUT2D eigenvalue weighted by molar-refractivity contribution is 9.10. The summed E-state index contributed by atoms with van der Waals surface area (Å²) in [6.07, 6.45) is 1.71. The van der Waals surface area contributed by atoms with Crippen LogP contribution in [0.1, 0.15) is 11.3 Å². The highest BCUT2D eigenvalue weighted by Crippen LogP contribution is 2.41. The second-order valence-electron chi connectivity index (χ2n) is 4.59. The Hall–Kier alpha value is -1.46. The first kappa shape index (κ1) is 15.4. The summed E-state index contributed by atoms with van der Waals surface area (Å²) in [4.78, 5) is 6.11. The van der Waals surface area contributed by atoms with E-state index in [-0.39, 0.29) is 0 Å². The van der Waals surface area contributed by atoms with Gasteiger partial charge in [0.15, 0.2) is 0 Å². The lowest BCUT2D eigenvalue weighted by Gasteiger charge is -2.02. The molecule has 0 radical (unpaired) electrons. The molecule has 0 saturated carbocycles. The zero-order valence-electron chi connectivity index (χ0n) is 11.7. The Morgan fingerprint density at radius 3 is 2.91 bits per heavy atom. The minimum Gasteiger partial charge on any atom is -0.378 e. The van der Waals surface area contributed by atoms with Gasteiger partial charge in [0.1, 0.15) is 10.9 Å². The fraction of sp³-hybridized carbons (Fsp3) is 0.214. The third-order valence-corrected chi connectivity index (χ3v) is 5.22. The number of methoxy groups -OCH3 is 1. The molecule has 3 aromatic rings. The van der Waals surface area contributed by atoms with E-state index in [2.05, 4.69) is 32.1 Å². The van der Waals surface area contributed by atoms with Crippen molar-refractivity contribution in [2.24, 2.45) is 7.05 Å². The first-order chi connectivity index (χ1) is 10.6. The molecule has 112 valence electrons. The topological polar surface area (TPSA) is 63.7 Å². The van der Waals surface area contributed by atoms with Crippen molar-refractivity contribution < 1.29 is 4.74 Å². The second-order valence-corrected chi connectivity index (χ2v) is 6.85. The Bertz CT molecular complexity index is 892. The van der Waals surface area contributed by atoms with Crippen molar-refractivity contribution >= 4 is 49.1 Å². The maximum Gasteiger partial charge on any atom is 0.125 e. The zero-order chi connectivity index (χ0) is 15.9. The fourth-order valence-electron chi connectivity index (χ4n) is 2.22. The van der Waals surface area contributed by atoms with E-state index < -0.39 is 0 Å². The van der Waals surface area contributed by atoms with Crippen LogP contribution in [0.3, 0.4) is 0 Å². The molecule has 0 saturated heterocycles. The third-order valence-electron chi connectivity index (χ3n) is 3.21. The summed E-state index contributed by atoms with van der Waals surface area (Å²) < 4.78 is 7.67. The van der Waals surface area contributed by atoms with Crippen molar-refractivity contribution in [1.82, 2.24) is 14.8 Å². The molecule has 0 aliphatic carbocycles. The number of halogens is 2. The summed E-state index contributed by atoms with van der Waals surface area (Å²) in [7, 11) is 3.43. The molecular formula is C14H10BrClN4OS. The summed E-state index contributed by atoms with van der Waals surface area (Å²) >= 11 is 11.2. The predicted octanol–water partition coefficient (Wildman–Crippen LogP) is 4.13. The maximum absolute atomic E-state index is 9.57. The summed E-state index contributed by atoms with van der Waals surface area (Å²) in [6.45, 7) is 0.333. The van der Waals surface area contributed by atoms with Gasteiger partial charge in [-0.15, -0.1) is 11.3 Å². The van der Waals surface area contributed by atoms with Gasteiger partial charge in [-0.1, -0.05) is 11.6 Å². The Kier molecular flexibility index (Phi) is 4.19. The lowest BCUT2D eigenvalue weighted by Crippen LogP contribution is -1.94. The van der Waals surface area contributed by atoms with Gasteiger partial charge in [-0.05, 0) is 22.0 Å². The Balaban J connectivity index is 2.31. The summed E-state index contributed by atoms with van der Waals surface area (Å²) in [6, 6.07) is 4.04. The summed E-state index contributed by atoms with van der Waals surface area (Å²) in [5.41, 5.74) is 2.07. The summed E-state index contributed by atoms with van der Waals surface area (Å²) in [5, 5.41) is 15.0. The van der Waals surface area contributed by atoms with E-state index in [1.807, 2.05) is 7.05 Å². The number of aryl methyl sites for hydroxylation is 1. The molecule has 0 N–H and O–H groups in total. The normalized spacial score (nSPS) is 11.0. The van der Waals surface area contributed by atoms with Crippen molar-refractivity contribution in [1.29, 1.82) is 5.26 Å². The smallest absolute Gasteiger partial charge is 0.125 e. The van der Waals surface area contributed by atoms with Gasteiger partial charge in [0.2, 0.25) is 0 Å². The molecule has 5 nitrogen and oxygen atoms in total. The number of thiophene rings is 1. The Morgan fingerprint density at radius 2 is 2.32 bits per heavy atom. The lowest BCUT2D eigenvalue weighted by molar-refractivity contribution is 0.182. The van der Waals surface area contributed by atoms with Crippen LogP contribution in [-0.4, -0.2) is 21.9 Å². The number of nitriles is 1. The fourth-order valence-corrected chi connectivity index (χ4v) is 4.32.